The Hall–Kier alpha value is -0.823. The molecule has 104 valence electrons. The number of hydrogen-bond acceptors (Lipinski definition) is 0. The Morgan fingerprint density at radius 2 is 1.84 bits per heavy atom. The van der Waals surface area contributed by atoms with Crippen molar-refractivity contribution in [1.29, 1.82) is 0 Å². The van der Waals surface area contributed by atoms with Crippen LogP contribution >= 0.6 is 0 Å². The molecule has 0 bridgehead atoms. The van der Waals surface area contributed by atoms with Gasteiger partial charge in [0.05, 0.1) is 9.52 Å². The van der Waals surface area contributed by atoms with E-state index in [2.05, 4.69) is 50.7 Å². The van der Waals surface area contributed by atoms with Crippen LogP contribution in [0.3, 0.4) is 0 Å². The van der Waals surface area contributed by atoms with Gasteiger partial charge < -0.3 is 0 Å². The van der Waals surface area contributed by atoms with Crippen LogP contribution in [0.4, 0.5) is 0 Å². The van der Waals surface area contributed by atoms with Crippen molar-refractivity contribution in [3.05, 3.63) is 41.6 Å². The van der Waals surface area contributed by atoms with Gasteiger partial charge in [-0.05, 0) is 23.5 Å². The highest BCUT2D eigenvalue weighted by Crippen LogP contribution is 2.18. The average Bonchev–Trinajstić information content (AvgIpc) is 2.43. The maximum Gasteiger partial charge on any atom is 0.0548 e. The summed E-state index contributed by atoms with van der Waals surface area (Å²) in [4.78, 5) is 0. The van der Waals surface area contributed by atoms with Crippen molar-refractivity contribution >= 4 is 15.6 Å². The Bertz CT molecular complexity index is 342. The molecule has 2 atom stereocenters. The highest BCUT2D eigenvalue weighted by Gasteiger charge is 2.05. The molecule has 0 aliphatic heterocycles. The molecule has 0 N–H and O–H groups in total. The lowest BCUT2D eigenvalue weighted by atomic mass is 9.96. The summed E-state index contributed by atoms with van der Waals surface area (Å²) in [5.74, 6) is 1.80. The summed E-state index contributed by atoms with van der Waals surface area (Å²) in [5.41, 5.74) is 4.81. The first-order valence-electron chi connectivity index (χ1n) is 7.75. The summed E-state index contributed by atoms with van der Waals surface area (Å²) in [6.07, 6.45) is 7.68. The molecule has 1 rings (SSSR count). The van der Waals surface area contributed by atoms with E-state index in [1.807, 2.05) is 12.1 Å². The van der Waals surface area contributed by atoms with Gasteiger partial charge in [0.25, 0.3) is 0 Å². The van der Waals surface area contributed by atoms with Gasteiger partial charge in [-0.25, -0.2) is 0 Å². The van der Waals surface area contributed by atoms with E-state index in [0.29, 0.717) is 0 Å². The Morgan fingerprint density at radius 3 is 2.53 bits per heavy atom. The lowest BCUT2D eigenvalue weighted by Crippen LogP contribution is -2.02. The van der Waals surface area contributed by atoms with Crippen LogP contribution in [0, 0.1) is 23.6 Å². The van der Waals surface area contributed by atoms with Crippen LogP contribution in [-0.2, 0) is 0 Å². The van der Waals surface area contributed by atoms with Crippen LogP contribution in [-0.4, -0.2) is 9.52 Å². The molecular weight excluding hydrogens is 244 g/mol. The molecule has 0 aliphatic rings. The van der Waals surface area contributed by atoms with Crippen molar-refractivity contribution in [2.75, 3.05) is 0 Å². The smallest absolute Gasteiger partial charge is 0.0548 e. The van der Waals surface area contributed by atoms with Gasteiger partial charge >= 0.3 is 0 Å². The molecule has 0 saturated carbocycles. The van der Waals surface area contributed by atoms with E-state index in [-0.39, 0.29) is 9.52 Å². The van der Waals surface area contributed by atoms with E-state index in [4.69, 9.17) is 0 Å². The fraction of sp³-hybridized carbons (Fsp3) is 0.556. The second-order valence-corrected chi connectivity index (χ2v) is 7.28. The standard InChI is InChI=1S/C18H28Si/c1-4-8-16(2)11-12-17(3)15-19-14-13-18-9-6-5-7-10-18/h6-7,9-10,13,16-17H,4,8,11-12,15,19H2,1-3H3. The van der Waals surface area contributed by atoms with E-state index < -0.39 is 0 Å². The van der Waals surface area contributed by atoms with Gasteiger partial charge in [0.15, 0.2) is 0 Å². The summed E-state index contributed by atoms with van der Waals surface area (Å²) in [6, 6.07) is 12.6. The van der Waals surface area contributed by atoms with Crippen LogP contribution in [0.5, 0.6) is 0 Å². The average molecular weight is 273 g/mol. The summed E-state index contributed by atoms with van der Waals surface area (Å²) in [5, 5.41) is 0. The van der Waals surface area contributed by atoms with Gasteiger partial charge in [0.2, 0.25) is 0 Å². The second-order valence-electron chi connectivity index (χ2n) is 5.80. The van der Waals surface area contributed by atoms with Crippen molar-refractivity contribution in [1.82, 2.24) is 0 Å². The first-order chi connectivity index (χ1) is 9.22. The molecule has 1 heteroatoms. The van der Waals surface area contributed by atoms with Gasteiger partial charge in [0, 0.05) is 0 Å². The lowest BCUT2D eigenvalue weighted by molar-refractivity contribution is 0.424. The minimum Gasteiger partial charge on any atom is -0.0677 e. The quantitative estimate of drug-likeness (QED) is 0.572. The minimum absolute atomic E-state index is 0.152. The highest BCUT2D eigenvalue weighted by molar-refractivity contribution is 6.40. The van der Waals surface area contributed by atoms with E-state index in [1.54, 1.807) is 0 Å². The van der Waals surface area contributed by atoms with E-state index in [9.17, 15) is 0 Å². The Kier molecular flexibility index (Phi) is 8.56. The fourth-order valence-electron chi connectivity index (χ4n) is 2.37. The Labute approximate surface area is 122 Å². The van der Waals surface area contributed by atoms with Crippen LogP contribution in [0.25, 0.3) is 6.08 Å². The van der Waals surface area contributed by atoms with E-state index in [1.165, 1.54) is 37.3 Å². The van der Waals surface area contributed by atoms with E-state index >= 15 is 0 Å². The molecule has 1 aromatic rings. The molecule has 19 heavy (non-hydrogen) atoms. The zero-order valence-corrected chi connectivity index (χ0v) is 14.2. The zero-order chi connectivity index (χ0) is 13.9. The van der Waals surface area contributed by atoms with Crippen molar-refractivity contribution in [2.45, 2.75) is 52.5 Å². The zero-order valence-electron chi connectivity index (χ0n) is 12.8. The molecule has 0 amide bonds. The normalized spacial score (nSPS) is 15.3. The predicted molar refractivity (Wildman–Crippen MR) is 88.8 cm³/mol. The second kappa shape index (κ2) is 10.0. The fourth-order valence-corrected chi connectivity index (χ4v) is 3.69. The first kappa shape index (κ1) is 16.2. The summed E-state index contributed by atoms with van der Waals surface area (Å²) < 4.78 is 0. The van der Waals surface area contributed by atoms with Crippen molar-refractivity contribution in [3.63, 3.8) is 0 Å². The predicted octanol–water partition coefficient (Wildman–Crippen LogP) is 4.70. The molecule has 0 heterocycles. The molecule has 0 spiro atoms. The van der Waals surface area contributed by atoms with Gasteiger partial charge in [-0.3, -0.25) is 0 Å². The molecule has 0 aliphatic carbocycles. The topological polar surface area (TPSA) is 0 Å². The third kappa shape index (κ3) is 8.04. The number of rotatable bonds is 9. The molecular formula is C18H28Si. The van der Waals surface area contributed by atoms with Gasteiger partial charge in [-0.15, -0.1) is 0 Å². The molecule has 0 fully saturated rings. The van der Waals surface area contributed by atoms with Crippen LogP contribution < -0.4 is 0 Å². The monoisotopic (exact) mass is 272 g/mol. The summed E-state index contributed by atoms with van der Waals surface area (Å²) >= 11 is 0. The molecule has 0 nitrogen and oxygen atoms in total. The van der Waals surface area contributed by atoms with E-state index in [0.717, 1.165) is 11.8 Å². The maximum atomic E-state index is 3.55. The molecule has 1 aromatic carbocycles. The highest BCUT2D eigenvalue weighted by atomic mass is 28.2. The number of hydrogen-bond donors (Lipinski definition) is 0. The van der Waals surface area contributed by atoms with Gasteiger partial charge in [-0.2, -0.15) is 0 Å². The van der Waals surface area contributed by atoms with Gasteiger partial charge in [0.1, 0.15) is 0 Å². The van der Waals surface area contributed by atoms with Crippen LogP contribution in [0.1, 0.15) is 52.0 Å². The molecule has 0 aromatic heterocycles. The molecule has 0 saturated heterocycles. The largest absolute Gasteiger partial charge is 0.0677 e. The summed E-state index contributed by atoms with van der Waals surface area (Å²) in [6.45, 7) is 7.09. The maximum absolute atomic E-state index is 3.55. The summed E-state index contributed by atoms with van der Waals surface area (Å²) in [7, 11) is -0.152. The molecule has 2 unspecified atom stereocenters. The Balaban J connectivity index is 2.13. The van der Waals surface area contributed by atoms with Crippen LogP contribution in [0.2, 0.25) is 6.04 Å². The molecule has 2 radical (unpaired) electrons. The Morgan fingerprint density at radius 1 is 1.16 bits per heavy atom. The van der Waals surface area contributed by atoms with Crippen molar-refractivity contribution < 1.29 is 0 Å². The minimum atomic E-state index is -0.152. The SMILES string of the molecule is CCCC(C)CCC(C)C[SiH2][C]=Cc1cc[c]cc1. The van der Waals surface area contributed by atoms with Crippen LogP contribution in [0.15, 0.2) is 24.3 Å². The third-order valence-corrected chi connectivity index (χ3v) is 5.50. The third-order valence-electron chi connectivity index (χ3n) is 3.73. The number of benzene rings is 1. The van der Waals surface area contributed by atoms with Gasteiger partial charge in [-0.1, -0.05) is 88.5 Å². The first-order valence-corrected chi connectivity index (χ1v) is 9.45. The van der Waals surface area contributed by atoms with Crippen molar-refractivity contribution in [2.24, 2.45) is 11.8 Å². The van der Waals surface area contributed by atoms with Crippen molar-refractivity contribution in [3.8, 4) is 0 Å². The lowest BCUT2D eigenvalue weighted by Gasteiger charge is -2.13.